The number of hydrogen-bond acceptors (Lipinski definition) is 2. The molecule has 0 spiro atoms. The van der Waals surface area contributed by atoms with E-state index in [-0.39, 0.29) is 10.3 Å². The summed E-state index contributed by atoms with van der Waals surface area (Å²) in [6, 6.07) is 10.0. The molecule has 19 heavy (non-hydrogen) atoms. The summed E-state index contributed by atoms with van der Waals surface area (Å²) in [5, 5.41) is 10.3. The molecule has 1 N–H and O–H groups in total. The average Bonchev–Trinajstić information content (AvgIpc) is 2.41. The van der Waals surface area contributed by atoms with E-state index in [0.717, 1.165) is 11.3 Å². The van der Waals surface area contributed by atoms with E-state index in [1.54, 1.807) is 31.4 Å². The molecule has 2 rings (SSSR count). The molecule has 0 bridgehead atoms. The Labute approximate surface area is 120 Å². The molecule has 0 aromatic heterocycles. The molecule has 0 aliphatic carbocycles. The van der Waals surface area contributed by atoms with E-state index < -0.39 is 6.10 Å². The van der Waals surface area contributed by atoms with Gasteiger partial charge in [-0.1, -0.05) is 18.2 Å². The van der Waals surface area contributed by atoms with E-state index in [2.05, 4.69) is 15.9 Å². The number of hydrogen-bond donors (Lipinski definition) is 1. The Balaban J connectivity index is 2.41. The van der Waals surface area contributed by atoms with Gasteiger partial charge in [-0.2, -0.15) is 0 Å². The summed E-state index contributed by atoms with van der Waals surface area (Å²) in [7, 11) is 1.60. The van der Waals surface area contributed by atoms with Gasteiger partial charge < -0.3 is 9.84 Å². The van der Waals surface area contributed by atoms with Crippen molar-refractivity contribution in [2.24, 2.45) is 0 Å². The van der Waals surface area contributed by atoms with Crippen LogP contribution in [0.4, 0.5) is 4.39 Å². The predicted molar refractivity (Wildman–Crippen MR) is 75.9 cm³/mol. The standard InChI is InChI=1S/C15H14BrFO2/c1-9-8-10(6-7-13(9)19-2)15(18)11-4-3-5-12(17)14(11)16/h3-8,15,18H,1-2H3. The van der Waals surface area contributed by atoms with Crippen molar-refractivity contribution in [1.82, 2.24) is 0 Å². The van der Waals surface area contributed by atoms with Crippen LogP contribution in [0, 0.1) is 12.7 Å². The van der Waals surface area contributed by atoms with Gasteiger partial charge in [0.2, 0.25) is 0 Å². The first-order chi connectivity index (χ1) is 9.04. The molecule has 0 saturated carbocycles. The van der Waals surface area contributed by atoms with Crippen molar-refractivity contribution >= 4 is 15.9 Å². The van der Waals surface area contributed by atoms with Crippen LogP contribution in [0.1, 0.15) is 22.8 Å². The molecular formula is C15H14BrFO2. The molecule has 0 heterocycles. The van der Waals surface area contributed by atoms with E-state index in [4.69, 9.17) is 4.74 Å². The fraction of sp³-hybridized carbons (Fsp3) is 0.200. The molecule has 2 aromatic rings. The van der Waals surface area contributed by atoms with Crippen LogP contribution in [0.5, 0.6) is 5.75 Å². The number of rotatable bonds is 3. The molecule has 1 unspecified atom stereocenters. The Hall–Kier alpha value is -1.39. The molecule has 1 atom stereocenters. The first-order valence-corrected chi connectivity index (χ1v) is 6.60. The lowest BCUT2D eigenvalue weighted by Crippen LogP contribution is -2.02. The van der Waals surface area contributed by atoms with Gasteiger partial charge in [0, 0.05) is 5.56 Å². The van der Waals surface area contributed by atoms with Gasteiger partial charge in [-0.25, -0.2) is 4.39 Å². The normalized spacial score (nSPS) is 12.3. The third-order valence-electron chi connectivity index (χ3n) is 3.01. The molecule has 2 nitrogen and oxygen atoms in total. The minimum absolute atomic E-state index is 0.288. The SMILES string of the molecule is COc1ccc(C(O)c2cccc(F)c2Br)cc1C. The zero-order valence-electron chi connectivity index (χ0n) is 10.7. The first-order valence-electron chi connectivity index (χ1n) is 5.81. The zero-order chi connectivity index (χ0) is 14.0. The lowest BCUT2D eigenvalue weighted by atomic mass is 9.99. The zero-order valence-corrected chi connectivity index (χ0v) is 12.2. The van der Waals surface area contributed by atoms with Gasteiger partial charge in [0.1, 0.15) is 17.7 Å². The highest BCUT2D eigenvalue weighted by atomic mass is 79.9. The largest absolute Gasteiger partial charge is 0.496 e. The summed E-state index contributed by atoms with van der Waals surface area (Å²) in [6.07, 6.45) is -0.880. The first kappa shape index (κ1) is 14.0. The Kier molecular flexibility index (Phi) is 4.22. The van der Waals surface area contributed by atoms with E-state index in [1.807, 2.05) is 13.0 Å². The van der Waals surface area contributed by atoms with Gasteiger partial charge in [-0.3, -0.25) is 0 Å². The molecule has 0 amide bonds. The monoisotopic (exact) mass is 324 g/mol. The maximum Gasteiger partial charge on any atom is 0.137 e. The molecule has 0 fully saturated rings. The minimum atomic E-state index is -0.880. The Bertz CT molecular complexity index is 599. The number of benzene rings is 2. The quantitative estimate of drug-likeness (QED) is 0.925. The molecule has 100 valence electrons. The smallest absolute Gasteiger partial charge is 0.137 e. The van der Waals surface area contributed by atoms with Crippen LogP contribution < -0.4 is 4.74 Å². The molecule has 0 aliphatic rings. The van der Waals surface area contributed by atoms with Crippen molar-refractivity contribution in [3.63, 3.8) is 0 Å². The summed E-state index contributed by atoms with van der Waals surface area (Å²) in [5.74, 6) is 0.371. The van der Waals surface area contributed by atoms with E-state index in [0.29, 0.717) is 11.1 Å². The number of methoxy groups -OCH3 is 1. The van der Waals surface area contributed by atoms with Crippen LogP contribution in [0.3, 0.4) is 0 Å². The van der Waals surface area contributed by atoms with Gasteiger partial charge in [-0.15, -0.1) is 0 Å². The Morgan fingerprint density at radius 2 is 2.00 bits per heavy atom. The highest BCUT2D eigenvalue weighted by Crippen LogP contribution is 2.32. The van der Waals surface area contributed by atoms with Gasteiger partial charge in [-0.05, 0) is 52.2 Å². The molecule has 2 aromatic carbocycles. The number of ether oxygens (including phenoxy) is 1. The maximum absolute atomic E-state index is 13.5. The van der Waals surface area contributed by atoms with Gasteiger partial charge in [0.15, 0.2) is 0 Å². The van der Waals surface area contributed by atoms with E-state index >= 15 is 0 Å². The predicted octanol–water partition coefficient (Wildman–Crippen LogP) is 3.99. The van der Waals surface area contributed by atoms with Crippen molar-refractivity contribution in [3.05, 3.63) is 63.4 Å². The summed E-state index contributed by atoms with van der Waals surface area (Å²) in [5.41, 5.74) is 2.13. The third-order valence-corrected chi connectivity index (χ3v) is 3.85. The van der Waals surface area contributed by atoms with Gasteiger partial charge in [0.05, 0.1) is 11.6 Å². The lowest BCUT2D eigenvalue weighted by molar-refractivity contribution is 0.218. The second kappa shape index (κ2) is 5.72. The highest BCUT2D eigenvalue weighted by molar-refractivity contribution is 9.10. The Morgan fingerprint density at radius 3 is 2.63 bits per heavy atom. The second-order valence-corrected chi connectivity index (χ2v) is 5.07. The van der Waals surface area contributed by atoms with Crippen LogP contribution in [0.25, 0.3) is 0 Å². The van der Waals surface area contributed by atoms with Crippen molar-refractivity contribution in [2.75, 3.05) is 7.11 Å². The average molecular weight is 325 g/mol. The number of aliphatic hydroxyl groups is 1. The van der Waals surface area contributed by atoms with Crippen LogP contribution >= 0.6 is 15.9 Å². The van der Waals surface area contributed by atoms with Crippen LogP contribution in [0.2, 0.25) is 0 Å². The fourth-order valence-electron chi connectivity index (χ4n) is 1.98. The molecule has 0 radical (unpaired) electrons. The van der Waals surface area contributed by atoms with Crippen molar-refractivity contribution in [2.45, 2.75) is 13.0 Å². The van der Waals surface area contributed by atoms with Gasteiger partial charge in [0.25, 0.3) is 0 Å². The molecule has 4 heteroatoms. The summed E-state index contributed by atoms with van der Waals surface area (Å²) < 4.78 is 18.9. The summed E-state index contributed by atoms with van der Waals surface area (Å²) in [4.78, 5) is 0. The summed E-state index contributed by atoms with van der Waals surface area (Å²) in [6.45, 7) is 1.90. The van der Waals surface area contributed by atoms with Crippen LogP contribution in [-0.4, -0.2) is 12.2 Å². The minimum Gasteiger partial charge on any atom is -0.496 e. The fourth-order valence-corrected chi connectivity index (χ4v) is 2.46. The summed E-state index contributed by atoms with van der Waals surface area (Å²) >= 11 is 3.17. The molecule has 0 aliphatic heterocycles. The highest BCUT2D eigenvalue weighted by Gasteiger charge is 2.16. The molecular weight excluding hydrogens is 311 g/mol. The van der Waals surface area contributed by atoms with Crippen LogP contribution in [0.15, 0.2) is 40.9 Å². The number of aliphatic hydroxyl groups excluding tert-OH is 1. The lowest BCUT2D eigenvalue weighted by Gasteiger charge is -2.15. The van der Waals surface area contributed by atoms with Crippen molar-refractivity contribution < 1.29 is 14.2 Å². The van der Waals surface area contributed by atoms with Gasteiger partial charge >= 0.3 is 0 Å². The maximum atomic E-state index is 13.5. The Morgan fingerprint density at radius 1 is 1.26 bits per heavy atom. The van der Waals surface area contributed by atoms with E-state index in [1.165, 1.54) is 6.07 Å². The van der Waals surface area contributed by atoms with E-state index in [9.17, 15) is 9.50 Å². The third kappa shape index (κ3) is 2.80. The second-order valence-electron chi connectivity index (χ2n) is 4.27. The van der Waals surface area contributed by atoms with Crippen molar-refractivity contribution in [3.8, 4) is 5.75 Å². The number of halogens is 2. The van der Waals surface area contributed by atoms with Crippen LogP contribution in [-0.2, 0) is 0 Å². The topological polar surface area (TPSA) is 29.5 Å². The number of aryl methyl sites for hydroxylation is 1. The molecule has 0 saturated heterocycles. The van der Waals surface area contributed by atoms with Crippen molar-refractivity contribution in [1.29, 1.82) is 0 Å².